The molecule has 1 atom stereocenters. The van der Waals surface area contributed by atoms with Crippen LogP contribution in [0.2, 0.25) is 4.34 Å². The Morgan fingerprint density at radius 3 is 2.80 bits per heavy atom. The number of nitrogens with two attached hydrogens (primary N) is 1. The van der Waals surface area contributed by atoms with Gasteiger partial charge in [-0.2, -0.15) is 0 Å². The van der Waals surface area contributed by atoms with E-state index < -0.39 is 0 Å². The minimum Gasteiger partial charge on any atom is -0.271 e. The molecule has 0 aromatic carbocycles. The molecule has 0 aliphatic carbocycles. The fraction of sp³-hybridized carbons (Fsp3) is 0.100. The van der Waals surface area contributed by atoms with Crippen molar-refractivity contribution in [3.63, 3.8) is 0 Å². The smallest absolute Gasteiger partial charge is 0.0931 e. The summed E-state index contributed by atoms with van der Waals surface area (Å²) in [6.45, 7) is 0. The van der Waals surface area contributed by atoms with Crippen LogP contribution in [0.25, 0.3) is 0 Å². The van der Waals surface area contributed by atoms with Crippen LogP contribution >= 0.6 is 22.9 Å². The Morgan fingerprint density at radius 1 is 1.40 bits per heavy atom. The Morgan fingerprint density at radius 2 is 2.27 bits per heavy atom. The van der Waals surface area contributed by atoms with E-state index in [0.29, 0.717) is 0 Å². The number of rotatable bonds is 3. The molecular formula is C10H10ClN3S. The molecule has 0 amide bonds. The van der Waals surface area contributed by atoms with Gasteiger partial charge in [-0.1, -0.05) is 17.7 Å². The van der Waals surface area contributed by atoms with E-state index in [1.807, 2.05) is 24.3 Å². The second kappa shape index (κ2) is 4.72. The average Bonchev–Trinajstić information content (AvgIpc) is 2.68. The van der Waals surface area contributed by atoms with Gasteiger partial charge in [0.25, 0.3) is 0 Å². The quantitative estimate of drug-likeness (QED) is 0.639. The Labute approximate surface area is 96.9 Å². The van der Waals surface area contributed by atoms with Gasteiger partial charge in [-0.3, -0.25) is 10.8 Å². The minimum absolute atomic E-state index is 0.0452. The summed E-state index contributed by atoms with van der Waals surface area (Å²) >= 11 is 7.39. The van der Waals surface area contributed by atoms with E-state index in [1.54, 1.807) is 12.4 Å². The first-order valence-corrected chi connectivity index (χ1v) is 5.62. The van der Waals surface area contributed by atoms with Crippen molar-refractivity contribution in [2.24, 2.45) is 5.84 Å². The second-order valence-corrected chi connectivity index (χ2v) is 4.77. The summed E-state index contributed by atoms with van der Waals surface area (Å²) in [4.78, 5) is 5.14. The summed E-state index contributed by atoms with van der Waals surface area (Å²) in [5, 5.41) is 0. The Bertz CT molecular complexity index is 429. The van der Waals surface area contributed by atoms with E-state index in [1.165, 1.54) is 11.3 Å². The molecule has 15 heavy (non-hydrogen) atoms. The second-order valence-electron chi connectivity index (χ2n) is 3.03. The van der Waals surface area contributed by atoms with Gasteiger partial charge in [0.05, 0.1) is 10.4 Å². The van der Waals surface area contributed by atoms with E-state index in [9.17, 15) is 0 Å². The van der Waals surface area contributed by atoms with Crippen LogP contribution in [0.3, 0.4) is 0 Å². The number of thiophene rings is 1. The molecular weight excluding hydrogens is 230 g/mol. The molecule has 0 fully saturated rings. The molecule has 0 saturated carbocycles. The number of nitrogens with zero attached hydrogens (tertiary/aromatic N) is 1. The van der Waals surface area contributed by atoms with Crippen molar-refractivity contribution in [3.8, 4) is 0 Å². The van der Waals surface area contributed by atoms with E-state index >= 15 is 0 Å². The topological polar surface area (TPSA) is 50.9 Å². The third-order valence-electron chi connectivity index (χ3n) is 2.06. The number of aromatic nitrogens is 1. The first-order valence-electron chi connectivity index (χ1n) is 4.42. The van der Waals surface area contributed by atoms with Gasteiger partial charge >= 0.3 is 0 Å². The molecule has 0 radical (unpaired) electrons. The third-order valence-corrected chi connectivity index (χ3v) is 3.36. The van der Waals surface area contributed by atoms with Gasteiger partial charge in [-0.15, -0.1) is 11.3 Å². The monoisotopic (exact) mass is 239 g/mol. The van der Waals surface area contributed by atoms with E-state index in [0.717, 1.165) is 14.8 Å². The molecule has 0 spiro atoms. The minimum atomic E-state index is -0.0452. The zero-order chi connectivity index (χ0) is 10.7. The molecule has 2 aromatic rings. The fourth-order valence-corrected chi connectivity index (χ4v) is 2.52. The van der Waals surface area contributed by atoms with Crippen molar-refractivity contribution in [2.45, 2.75) is 6.04 Å². The molecule has 0 bridgehead atoms. The molecule has 2 heterocycles. The van der Waals surface area contributed by atoms with Crippen LogP contribution in [0.5, 0.6) is 0 Å². The highest BCUT2D eigenvalue weighted by Crippen LogP contribution is 2.29. The van der Waals surface area contributed by atoms with E-state index in [4.69, 9.17) is 17.4 Å². The first kappa shape index (κ1) is 10.6. The lowest BCUT2D eigenvalue weighted by atomic mass is 10.1. The zero-order valence-electron chi connectivity index (χ0n) is 7.85. The van der Waals surface area contributed by atoms with Gasteiger partial charge in [0, 0.05) is 17.3 Å². The standard InChI is InChI=1S/C10H10ClN3S/c11-9-4-3-8(15-9)10(14-12)7-2-1-5-13-6-7/h1-6,10,14H,12H2. The number of hydrogen-bond acceptors (Lipinski definition) is 4. The van der Waals surface area contributed by atoms with Crippen LogP contribution in [0.15, 0.2) is 36.7 Å². The maximum atomic E-state index is 5.88. The van der Waals surface area contributed by atoms with Gasteiger partial charge < -0.3 is 0 Å². The predicted octanol–water partition coefficient (Wildman–Crippen LogP) is 2.35. The summed E-state index contributed by atoms with van der Waals surface area (Å²) in [5.74, 6) is 5.53. The first-order chi connectivity index (χ1) is 7.31. The summed E-state index contributed by atoms with van der Waals surface area (Å²) in [7, 11) is 0. The average molecular weight is 240 g/mol. The molecule has 3 nitrogen and oxygen atoms in total. The van der Waals surface area contributed by atoms with Crippen molar-refractivity contribution < 1.29 is 0 Å². The van der Waals surface area contributed by atoms with Gasteiger partial charge in [-0.05, 0) is 23.8 Å². The van der Waals surface area contributed by atoms with Crippen molar-refractivity contribution >= 4 is 22.9 Å². The summed E-state index contributed by atoms with van der Waals surface area (Å²) in [6, 6.07) is 7.64. The molecule has 2 rings (SSSR count). The number of halogens is 1. The fourth-order valence-electron chi connectivity index (χ4n) is 1.37. The lowest BCUT2D eigenvalue weighted by Crippen LogP contribution is -2.28. The van der Waals surface area contributed by atoms with Crippen molar-refractivity contribution in [2.75, 3.05) is 0 Å². The maximum absolute atomic E-state index is 5.88. The van der Waals surface area contributed by atoms with Crippen molar-refractivity contribution in [1.82, 2.24) is 10.4 Å². The van der Waals surface area contributed by atoms with Crippen molar-refractivity contribution in [3.05, 3.63) is 51.4 Å². The third kappa shape index (κ3) is 2.35. The SMILES string of the molecule is NNC(c1cccnc1)c1ccc(Cl)s1. The maximum Gasteiger partial charge on any atom is 0.0931 e. The van der Waals surface area contributed by atoms with Gasteiger partial charge in [0.2, 0.25) is 0 Å². The lowest BCUT2D eigenvalue weighted by molar-refractivity contribution is 0.644. The summed E-state index contributed by atoms with van der Waals surface area (Å²) in [5.41, 5.74) is 3.79. The Kier molecular flexibility index (Phi) is 3.33. The van der Waals surface area contributed by atoms with Crippen LogP contribution in [0, 0.1) is 0 Å². The number of hydrogen-bond donors (Lipinski definition) is 2. The number of pyridine rings is 1. The van der Waals surface area contributed by atoms with Crippen LogP contribution in [0.1, 0.15) is 16.5 Å². The van der Waals surface area contributed by atoms with Crippen LogP contribution in [-0.2, 0) is 0 Å². The molecule has 1 unspecified atom stereocenters. The largest absolute Gasteiger partial charge is 0.271 e. The Balaban J connectivity index is 2.33. The highest BCUT2D eigenvalue weighted by molar-refractivity contribution is 7.16. The predicted molar refractivity (Wildman–Crippen MR) is 62.7 cm³/mol. The molecule has 5 heteroatoms. The van der Waals surface area contributed by atoms with Crippen LogP contribution in [0.4, 0.5) is 0 Å². The zero-order valence-corrected chi connectivity index (χ0v) is 9.42. The normalized spacial score (nSPS) is 12.7. The lowest BCUT2D eigenvalue weighted by Gasteiger charge is -2.13. The molecule has 0 aliphatic heterocycles. The van der Waals surface area contributed by atoms with Gasteiger partial charge in [0.15, 0.2) is 0 Å². The molecule has 0 aliphatic rings. The van der Waals surface area contributed by atoms with E-state index in [2.05, 4.69) is 10.4 Å². The molecule has 2 aromatic heterocycles. The van der Waals surface area contributed by atoms with Crippen molar-refractivity contribution in [1.29, 1.82) is 0 Å². The number of nitrogens with one attached hydrogen (secondary N) is 1. The van der Waals surface area contributed by atoms with Crippen LogP contribution in [-0.4, -0.2) is 4.98 Å². The highest BCUT2D eigenvalue weighted by atomic mass is 35.5. The molecule has 78 valence electrons. The highest BCUT2D eigenvalue weighted by Gasteiger charge is 2.14. The van der Waals surface area contributed by atoms with Crippen LogP contribution < -0.4 is 11.3 Å². The molecule has 0 saturated heterocycles. The Hall–Kier alpha value is -0.940. The van der Waals surface area contributed by atoms with E-state index in [-0.39, 0.29) is 6.04 Å². The summed E-state index contributed by atoms with van der Waals surface area (Å²) in [6.07, 6.45) is 3.52. The molecule has 3 N–H and O–H groups in total. The van der Waals surface area contributed by atoms with Gasteiger partial charge in [0.1, 0.15) is 0 Å². The van der Waals surface area contributed by atoms with Gasteiger partial charge in [-0.25, -0.2) is 5.43 Å². The summed E-state index contributed by atoms with van der Waals surface area (Å²) < 4.78 is 0.758. The number of hydrazine groups is 1.